The Bertz CT molecular complexity index is 396. The van der Waals surface area contributed by atoms with Gasteiger partial charge in [0.2, 0.25) is 0 Å². The summed E-state index contributed by atoms with van der Waals surface area (Å²) in [6.07, 6.45) is 14.9. The molecule has 0 aliphatic heterocycles. The Morgan fingerprint density at radius 3 is 1.90 bits per heavy atom. The minimum atomic E-state index is 0.678. The number of allylic oxidation sites excluding steroid dienone is 7. The van der Waals surface area contributed by atoms with Gasteiger partial charge in [-0.1, -0.05) is 89.5 Å². The highest BCUT2D eigenvalue weighted by molar-refractivity contribution is 7.80. The van der Waals surface area contributed by atoms with E-state index in [2.05, 4.69) is 18.5 Å². The second-order valence-corrected chi connectivity index (χ2v) is 3.56. The monoisotopic (exact) mass is 305 g/mol. The van der Waals surface area contributed by atoms with Crippen LogP contribution in [-0.2, 0) is 0 Å². The lowest BCUT2D eigenvalue weighted by atomic mass is 10.2. The van der Waals surface area contributed by atoms with Crippen LogP contribution in [0, 0.1) is 0 Å². The molecule has 0 aromatic heterocycles. The minimum absolute atomic E-state index is 0.678. The summed E-state index contributed by atoms with van der Waals surface area (Å²) in [6.45, 7) is 19.2. The predicted octanol–water partition coefficient (Wildman–Crippen LogP) is 6.29. The van der Waals surface area contributed by atoms with Gasteiger partial charge < -0.3 is 5.32 Å². The third-order valence-electron chi connectivity index (χ3n) is 1.89. The number of rotatable bonds is 6. The third kappa shape index (κ3) is 14.5. The lowest BCUT2D eigenvalue weighted by molar-refractivity contribution is 1.20. The molecule has 0 aromatic rings. The van der Waals surface area contributed by atoms with Crippen LogP contribution in [0.1, 0.15) is 41.5 Å². The minimum Gasteiger partial charge on any atom is -0.346 e. The molecule has 1 nitrogen and oxygen atoms in total. The summed E-state index contributed by atoms with van der Waals surface area (Å²) in [5.41, 5.74) is 1.87. The number of thiocarbonyl (C=S) groups is 1. The van der Waals surface area contributed by atoms with Crippen LogP contribution >= 0.6 is 12.2 Å². The topological polar surface area (TPSA) is 12.0 Å². The summed E-state index contributed by atoms with van der Waals surface area (Å²) < 4.78 is 0. The van der Waals surface area contributed by atoms with Crippen LogP contribution < -0.4 is 5.32 Å². The van der Waals surface area contributed by atoms with Crippen molar-refractivity contribution in [1.29, 1.82) is 0 Å². The molecule has 0 aromatic carbocycles. The van der Waals surface area contributed by atoms with Crippen molar-refractivity contribution in [2.75, 3.05) is 0 Å². The van der Waals surface area contributed by atoms with Crippen molar-refractivity contribution in [2.24, 2.45) is 0 Å². The van der Waals surface area contributed by atoms with Crippen molar-refractivity contribution in [3.8, 4) is 0 Å². The van der Waals surface area contributed by atoms with Gasteiger partial charge in [0.05, 0.1) is 0 Å². The summed E-state index contributed by atoms with van der Waals surface area (Å²) >= 11 is 5.32. The number of hydrogen-bond acceptors (Lipinski definition) is 1. The molecule has 0 aliphatic rings. The Morgan fingerprint density at radius 1 is 0.952 bits per heavy atom. The van der Waals surface area contributed by atoms with Crippen LogP contribution in [0.3, 0.4) is 0 Å². The van der Waals surface area contributed by atoms with Crippen LogP contribution in [0.25, 0.3) is 0 Å². The molecule has 0 saturated carbocycles. The SMILES string of the molecule is C=C/C=C\C(=C/C)C(=S)NC(/C=C\C)=C/C=C.CC.CC. The fourth-order valence-corrected chi connectivity index (χ4v) is 1.43. The first-order valence-electron chi connectivity index (χ1n) is 7.41. The van der Waals surface area contributed by atoms with Crippen molar-refractivity contribution < 1.29 is 0 Å². The van der Waals surface area contributed by atoms with Gasteiger partial charge in [-0.25, -0.2) is 0 Å². The van der Waals surface area contributed by atoms with Gasteiger partial charge in [0.15, 0.2) is 0 Å². The second-order valence-electron chi connectivity index (χ2n) is 3.15. The van der Waals surface area contributed by atoms with Gasteiger partial charge in [0.25, 0.3) is 0 Å². The molecule has 21 heavy (non-hydrogen) atoms. The second kappa shape index (κ2) is 20.6. The molecule has 118 valence electrons. The Balaban J connectivity index is -0.000000739. The first-order valence-corrected chi connectivity index (χ1v) is 7.82. The molecule has 0 rings (SSSR count). The van der Waals surface area contributed by atoms with Gasteiger partial charge >= 0.3 is 0 Å². The highest BCUT2D eigenvalue weighted by Crippen LogP contribution is 2.03. The normalized spacial score (nSPS) is 11.1. The van der Waals surface area contributed by atoms with E-state index in [1.54, 1.807) is 12.2 Å². The van der Waals surface area contributed by atoms with Gasteiger partial charge in [-0.15, -0.1) is 0 Å². The Labute approximate surface area is 137 Å². The van der Waals surface area contributed by atoms with Gasteiger partial charge in [0.1, 0.15) is 4.99 Å². The van der Waals surface area contributed by atoms with Gasteiger partial charge in [0, 0.05) is 11.3 Å². The van der Waals surface area contributed by atoms with Crippen molar-refractivity contribution in [1.82, 2.24) is 5.32 Å². The molecule has 0 radical (unpaired) electrons. The summed E-state index contributed by atoms with van der Waals surface area (Å²) in [7, 11) is 0. The average Bonchev–Trinajstić information content (AvgIpc) is 2.52. The molecular weight excluding hydrogens is 274 g/mol. The smallest absolute Gasteiger partial charge is 0.110 e. The maximum Gasteiger partial charge on any atom is 0.110 e. The zero-order valence-electron chi connectivity index (χ0n) is 14.4. The predicted molar refractivity (Wildman–Crippen MR) is 105 cm³/mol. The lowest BCUT2D eigenvalue weighted by Crippen LogP contribution is -2.20. The van der Waals surface area contributed by atoms with Crippen molar-refractivity contribution in [3.05, 3.63) is 73.0 Å². The van der Waals surface area contributed by atoms with E-state index in [0.717, 1.165) is 11.3 Å². The van der Waals surface area contributed by atoms with E-state index in [-0.39, 0.29) is 0 Å². The van der Waals surface area contributed by atoms with Gasteiger partial charge in [-0.05, 0) is 26.0 Å². The van der Waals surface area contributed by atoms with Crippen LogP contribution in [0.5, 0.6) is 0 Å². The molecule has 0 saturated heterocycles. The largest absolute Gasteiger partial charge is 0.346 e. The third-order valence-corrected chi connectivity index (χ3v) is 2.22. The van der Waals surface area contributed by atoms with E-state index < -0.39 is 0 Å². The molecule has 0 atom stereocenters. The first kappa shape index (κ1) is 24.4. The van der Waals surface area contributed by atoms with Crippen LogP contribution in [0.4, 0.5) is 0 Å². The molecule has 2 heteroatoms. The Kier molecular flexibility index (Phi) is 23.9. The summed E-state index contributed by atoms with van der Waals surface area (Å²) in [5.74, 6) is 0. The molecule has 0 aliphatic carbocycles. The van der Waals surface area contributed by atoms with Crippen molar-refractivity contribution >= 4 is 17.2 Å². The average molecular weight is 306 g/mol. The number of hydrogen-bond donors (Lipinski definition) is 1. The summed E-state index contributed by atoms with van der Waals surface area (Å²) in [6, 6.07) is 0. The standard InChI is InChI=1S/C15H19NS.2C2H6/c1-5-9-12-13(8-4)15(17)16-14(10-6-2)11-7-3;2*1-2/h5-12H,1-2H2,3-4H3,(H,16,17);2*1-2H3/b11-7-,12-9-,13-8+,14-10+;;. The van der Waals surface area contributed by atoms with Crippen LogP contribution in [-0.4, -0.2) is 4.99 Å². The van der Waals surface area contributed by atoms with Gasteiger partial charge in [-0.2, -0.15) is 0 Å². The molecule has 0 heterocycles. The number of nitrogens with one attached hydrogen (secondary N) is 1. The zero-order chi connectivity index (χ0) is 17.1. The molecule has 0 bridgehead atoms. The van der Waals surface area contributed by atoms with Gasteiger partial charge in [-0.3, -0.25) is 0 Å². The molecule has 0 unspecified atom stereocenters. The Hall–Kier alpha value is -1.67. The van der Waals surface area contributed by atoms with E-state index in [1.165, 1.54) is 0 Å². The van der Waals surface area contributed by atoms with E-state index in [1.807, 2.05) is 78.0 Å². The highest BCUT2D eigenvalue weighted by Gasteiger charge is 2.00. The summed E-state index contributed by atoms with van der Waals surface area (Å²) in [5, 5.41) is 3.16. The quantitative estimate of drug-likeness (QED) is 0.351. The van der Waals surface area contributed by atoms with Crippen molar-refractivity contribution in [3.63, 3.8) is 0 Å². The van der Waals surface area contributed by atoms with E-state index in [9.17, 15) is 0 Å². The maximum absolute atomic E-state index is 5.32. The van der Waals surface area contributed by atoms with Crippen molar-refractivity contribution in [2.45, 2.75) is 41.5 Å². The van der Waals surface area contributed by atoms with Crippen LogP contribution in [0.15, 0.2) is 73.0 Å². The summed E-state index contributed by atoms with van der Waals surface area (Å²) in [4.78, 5) is 0.678. The zero-order valence-corrected chi connectivity index (χ0v) is 15.3. The van der Waals surface area contributed by atoms with E-state index in [4.69, 9.17) is 12.2 Å². The Morgan fingerprint density at radius 2 is 1.52 bits per heavy atom. The highest BCUT2D eigenvalue weighted by atomic mass is 32.1. The molecule has 1 N–H and O–H groups in total. The van der Waals surface area contributed by atoms with E-state index in [0.29, 0.717) is 4.99 Å². The molecule has 0 fully saturated rings. The van der Waals surface area contributed by atoms with Crippen LogP contribution in [0.2, 0.25) is 0 Å². The first-order chi connectivity index (χ1) is 10.2. The molecular formula is C19H31NS. The molecule has 0 spiro atoms. The lowest BCUT2D eigenvalue weighted by Gasteiger charge is -2.09. The fraction of sp³-hybridized carbons (Fsp3) is 0.316. The maximum atomic E-state index is 5.32. The van der Waals surface area contributed by atoms with E-state index >= 15 is 0 Å². The fourth-order valence-electron chi connectivity index (χ4n) is 1.12. The molecule has 0 amide bonds.